The van der Waals surface area contributed by atoms with Gasteiger partial charge in [-0.05, 0) is 27.2 Å². The van der Waals surface area contributed by atoms with Gasteiger partial charge < -0.3 is 15.3 Å². The van der Waals surface area contributed by atoms with Gasteiger partial charge in [-0.15, -0.1) is 0 Å². The average Bonchev–Trinajstić information content (AvgIpc) is 2.50. The van der Waals surface area contributed by atoms with Crippen molar-refractivity contribution in [3.63, 3.8) is 0 Å². The summed E-state index contributed by atoms with van der Waals surface area (Å²) in [6.07, 6.45) is -0.751. The quantitative estimate of drug-likeness (QED) is 0.820. The van der Waals surface area contributed by atoms with Crippen LogP contribution in [0.25, 0.3) is 0 Å². The number of nitrogens with one attached hydrogen (secondary N) is 1. The molecule has 0 aromatic carbocycles. The molecule has 2 N–H and O–H groups in total. The number of hydrogen-bond acceptors (Lipinski definition) is 2. The van der Waals surface area contributed by atoms with E-state index in [0.717, 1.165) is 0 Å². The summed E-state index contributed by atoms with van der Waals surface area (Å²) in [6.45, 7) is 6.14. The molecule has 0 aromatic rings. The molecule has 0 saturated heterocycles. The van der Waals surface area contributed by atoms with Crippen molar-refractivity contribution in [1.29, 1.82) is 0 Å². The Morgan fingerprint density at radius 2 is 2.11 bits per heavy atom. The van der Waals surface area contributed by atoms with Gasteiger partial charge in [0.15, 0.2) is 0 Å². The molecule has 1 unspecified atom stereocenters. The van der Waals surface area contributed by atoms with Gasteiger partial charge in [-0.3, -0.25) is 0 Å². The Hall–Kier alpha value is -0.910. The average molecular weight is 264 g/mol. The lowest BCUT2D eigenvalue weighted by Crippen LogP contribution is -2.48. The number of rotatable bonds is 4. The maximum Gasteiger partial charge on any atom is 0.407 e. The van der Waals surface area contributed by atoms with Crippen LogP contribution in [0.3, 0.4) is 0 Å². The molecule has 0 spiro atoms. The van der Waals surface area contributed by atoms with Crippen LogP contribution in [-0.4, -0.2) is 46.7 Å². The molecule has 0 aromatic heterocycles. The Bertz CT molecular complexity index is 303. The standard InChI is InChI=1S/C12H22F2N2O2/c1-11(2,3)16(10(17)18)7-6-15-9-4-5-12(13,14)8-9/h9,15H,4-8H2,1-3H3,(H,17,18). The second kappa shape index (κ2) is 5.38. The minimum Gasteiger partial charge on any atom is -0.465 e. The van der Waals surface area contributed by atoms with Gasteiger partial charge in [-0.2, -0.15) is 0 Å². The monoisotopic (exact) mass is 264 g/mol. The molecule has 1 fully saturated rings. The van der Waals surface area contributed by atoms with Crippen molar-refractivity contribution in [2.45, 2.75) is 57.5 Å². The lowest BCUT2D eigenvalue weighted by molar-refractivity contribution is 0.00674. The summed E-state index contributed by atoms with van der Waals surface area (Å²) < 4.78 is 25.9. The number of carboxylic acid groups (broad SMARTS) is 1. The smallest absolute Gasteiger partial charge is 0.407 e. The SMILES string of the molecule is CC(C)(C)N(CCNC1CCC(F)(F)C1)C(=O)O. The summed E-state index contributed by atoms with van der Waals surface area (Å²) >= 11 is 0. The molecular weight excluding hydrogens is 242 g/mol. The molecule has 1 saturated carbocycles. The molecule has 106 valence electrons. The van der Waals surface area contributed by atoms with Crippen LogP contribution in [0, 0.1) is 0 Å². The van der Waals surface area contributed by atoms with Gasteiger partial charge in [0.05, 0.1) is 0 Å². The van der Waals surface area contributed by atoms with Gasteiger partial charge in [0, 0.05) is 37.5 Å². The predicted octanol–water partition coefficient (Wildman–Crippen LogP) is 2.54. The van der Waals surface area contributed by atoms with Crippen LogP contribution in [0.5, 0.6) is 0 Å². The van der Waals surface area contributed by atoms with E-state index in [-0.39, 0.29) is 18.9 Å². The van der Waals surface area contributed by atoms with Gasteiger partial charge in [-0.1, -0.05) is 0 Å². The molecule has 1 atom stereocenters. The summed E-state index contributed by atoms with van der Waals surface area (Å²) in [6, 6.07) is -0.199. The van der Waals surface area contributed by atoms with Crippen LogP contribution in [0.15, 0.2) is 0 Å². The summed E-state index contributed by atoms with van der Waals surface area (Å²) in [5.41, 5.74) is -0.479. The molecule has 0 aliphatic heterocycles. The number of halogens is 2. The Kier molecular flexibility index (Phi) is 4.53. The van der Waals surface area contributed by atoms with E-state index in [2.05, 4.69) is 5.32 Å². The third kappa shape index (κ3) is 4.40. The molecule has 1 aliphatic rings. The first kappa shape index (κ1) is 15.1. The van der Waals surface area contributed by atoms with E-state index >= 15 is 0 Å². The van der Waals surface area contributed by atoms with Crippen LogP contribution in [-0.2, 0) is 0 Å². The third-order valence-corrected chi connectivity index (χ3v) is 3.21. The summed E-state index contributed by atoms with van der Waals surface area (Å²) in [4.78, 5) is 12.4. The van der Waals surface area contributed by atoms with Crippen LogP contribution < -0.4 is 5.32 Å². The van der Waals surface area contributed by atoms with Crippen molar-refractivity contribution in [1.82, 2.24) is 10.2 Å². The van der Waals surface area contributed by atoms with Crippen molar-refractivity contribution in [3.8, 4) is 0 Å². The van der Waals surface area contributed by atoms with Crippen LogP contribution in [0.2, 0.25) is 0 Å². The molecule has 1 aliphatic carbocycles. The van der Waals surface area contributed by atoms with Crippen LogP contribution in [0.4, 0.5) is 13.6 Å². The van der Waals surface area contributed by atoms with Gasteiger partial charge in [0.2, 0.25) is 5.92 Å². The third-order valence-electron chi connectivity index (χ3n) is 3.21. The van der Waals surface area contributed by atoms with E-state index in [0.29, 0.717) is 19.5 Å². The summed E-state index contributed by atoms with van der Waals surface area (Å²) in [5.74, 6) is -2.56. The first-order valence-electron chi connectivity index (χ1n) is 6.23. The fraction of sp³-hybridized carbons (Fsp3) is 0.917. The molecule has 1 rings (SSSR count). The van der Waals surface area contributed by atoms with Crippen molar-refractivity contribution < 1.29 is 18.7 Å². The zero-order valence-electron chi connectivity index (χ0n) is 11.2. The highest BCUT2D eigenvalue weighted by Crippen LogP contribution is 2.34. The maximum atomic E-state index is 13.0. The minimum absolute atomic E-state index is 0.0768. The topological polar surface area (TPSA) is 52.6 Å². The molecule has 6 heteroatoms. The van der Waals surface area contributed by atoms with Crippen LogP contribution >= 0.6 is 0 Å². The highest BCUT2D eigenvalue weighted by Gasteiger charge is 2.39. The number of amides is 1. The highest BCUT2D eigenvalue weighted by atomic mass is 19.3. The Morgan fingerprint density at radius 1 is 1.50 bits per heavy atom. The maximum absolute atomic E-state index is 13.0. The second-order valence-corrected chi connectivity index (χ2v) is 5.85. The van der Waals surface area contributed by atoms with E-state index in [1.807, 2.05) is 20.8 Å². The molecular formula is C12H22F2N2O2. The molecule has 0 bridgehead atoms. The van der Waals surface area contributed by atoms with E-state index < -0.39 is 17.6 Å². The lowest BCUT2D eigenvalue weighted by atomic mass is 10.1. The van der Waals surface area contributed by atoms with E-state index in [1.54, 1.807) is 0 Å². The zero-order valence-corrected chi connectivity index (χ0v) is 11.2. The van der Waals surface area contributed by atoms with Gasteiger partial charge in [0.1, 0.15) is 0 Å². The molecule has 18 heavy (non-hydrogen) atoms. The molecule has 1 amide bonds. The molecule has 0 radical (unpaired) electrons. The van der Waals surface area contributed by atoms with Crippen LogP contribution in [0.1, 0.15) is 40.0 Å². The summed E-state index contributed by atoms with van der Waals surface area (Å²) in [7, 11) is 0. The van der Waals surface area contributed by atoms with E-state index in [1.165, 1.54) is 4.90 Å². The molecule has 0 heterocycles. The largest absolute Gasteiger partial charge is 0.465 e. The van der Waals surface area contributed by atoms with E-state index in [9.17, 15) is 13.6 Å². The minimum atomic E-state index is -2.56. The number of carbonyl (C=O) groups is 1. The second-order valence-electron chi connectivity index (χ2n) is 5.85. The fourth-order valence-corrected chi connectivity index (χ4v) is 2.22. The normalized spacial score (nSPS) is 23.1. The summed E-state index contributed by atoms with van der Waals surface area (Å²) in [5, 5.41) is 12.1. The lowest BCUT2D eigenvalue weighted by Gasteiger charge is -2.33. The molecule has 4 nitrogen and oxygen atoms in total. The Morgan fingerprint density at radius 3 is 2.50 bits per heavy atom. The van der Waals surface area contributed by atoms with Crippen molar-refractivity contribution in [2.24, 2.45) is 0 Å². The first-order chi connectivity index (χ1) is 8.12. The Balaban J connectivity index is 2.35. The van der Waals surface area contributed by atoms with Gasteiger partial charge in [-0.25, -0.2) is 13.6 Å². The highest BCUT2D eigenvalue weighted by molar-refractivity contribution is 5.65. The van der Waals surface area contributed by atoms with Gasteiger partial charge in [0.25, 0.3) is 0 Å². The predicted molar refractivity (Wildman–Crippen MR) is 65.1 cm³/mol. The van der Waals surface area contributed by atoms with Crippen molar-refractivity contribution >= 4 is 6.09 Å². The van der Waals surface area contributed by atoms with E-state index in [4.69, 9.17) is 5.11 Å². The zero-order chi connectivity index (χ0) is 14.0. The number of nitrogens with zero attached hydrogens (tertiary/aromatic N) is 1. The Labute approximate surface area is 106 Å². The van der Waals surface area contributed by atoms with Crippen molar-refractivity contribution in [3.05, 3.63) is 0 Å². The van der Waals surface area contributed by atoms with Gasteiger partial charge >= 0.3 is 6.09 Å². The van der Waals surface area contributed by atoms with Crippen molar-refractivity contribution in [2.75, 3.05) is 13.1 Å². The first-order valence-corrected chi connectivity index (χ1v) is 6.23. The number of alkyl halides is 2. The fourth-order valence-electron chi connectivity index (χ4n) is 2.22. The number of hydrogen-bond donors (Lipinski definition) is 2.